The fourth-order valence-electron chi connectivity index (χ4n) is 4.03. The fourth-order valence-corrected chi connectivity index (χ4v) is 4.03. The highest BCUT2D eigenvalue weighted by molar-refractivity contribution is 5.22. The summed E-state index contributed by atoms with van der Waals surface area (Å²) in [6, 6.07) is 28.8. The minimum absolute atomic E-state index is 0.208. The number of rotatable bonds is 17. The molecule has 10 nitrogen and oxygen atoms in total. The van der Waals surface area contributed by atoms with Gasteiger partial charge in [0.15, 0.2) is 0 Å². The molecule has 0 aliphatic carbocycles. The van der Waals surface area contributed by atoms with E-state index in [0.717, 1.165) is 16.7 Å². The molecule has 0 aromatic heterocycles. The van der Waals surface area contributed by atoms with Gasteiger partial charge in [0.05, 0.1) is 23.1 Å². The van der Waals surface area contributed by atoms with Crippen molar-refractivity contribution in [2.75, 3.05) is 0 Å². The van der Waals surface area contributed by atoms with E-state index in [1.165, 1.54) is 0 Å². The first kappa shape index (κ1) is 29.6. The first-order valence-electron chi connectivity index (χ1n) is 12.9. The van der Waals surface area contributed by atoms with Gasteiger partial charge in [-0.3, -0.25) is 0 Å². The van der Waals surface area contributed by atoms with Gasteiger partial charge in [-0.05, 0) is 16.7 Å². The third kappa shape index (κ3) is 9.73. The Morgan fingerprint density at radius 3 is 1.40 bits per heavy atom. The lowest BCUT2D eigenvalue weighted by atomic mass is 9.90. The van der Waals surface area contributed by atoms with Gasteiger partial charge in [0.2, 0.25) is 0 Å². The van der Waals surface area contributed by atoms with E-state index in [4.69, 9.17) is 22.3 Å². The molecule has 0 radical (unpaired) electrons. The lowest BCUT2D eigenvalue weighted by Gasteiger charge is -2.24. The topological polar surface area (TPSA) is 171 Å². The van der Waals surface area contributed by atoms with E-state index in [-0.39, 0.29) is 6.42 Å². The highest BCUT2D eigenvalue weighted by Crippen LogP contribution is 2.28. The summed E-state index contributed by atoms with van der Waals surface area (Å²) in [5.41, 5.74) is 34.4. The number of nitrogens with two attached hydrogens (primary N) is 1. The molecule has 0 saturated heterocycles. The van der Waals surface area contributed by atoms with Crippen LogP contribution in [0.25, 0.3) is 0 Å². The second kappa shape index (κ2) is 16.8. The number of hydrogen-bond acceptors (Lipinski definition) is 10. The van der Waals surface area contributed by atoms with Crippen molar-refractivity contribution in [3.05, 3.63) is 143 Å². The Bertz CT molecular complexity index is 1290. The molecule has 206 valence electrons. The van der Waals surface area contributed by atoms with Gasteiger partial charge in [-0.25, -0.2) is 16.6 Å². The van der Waals surface area contributed by atoms with Crippen molar-refractivity contribution in [1.82, 2.24) is 16.0 Å². The second-order valence-electron chi connectivity index (χ2n) is 9.05. The number of allylic oxidation sites excluding steroid dienone is 1. The molecule has 3 rings (SSSR count). The van der Waals surface area contributed by atoms with Crippen molar-refractivity contribution in [3.8, 4) is 0 Å². The van der Waals surface area contributed by atoms with Gasteiger partial charge in [-0.2, -0.15) is 15.3 Å². The van der Waals surface area contributed by atoms with Crippen LogP contribution >= 0.6 is 0 Å². The zero-order chi connectivity index (χ0) is 28.4. The monoisotopic (exact) mass is 536 g/mol. The van der Waals surface area contributed by atoms with Gasteiger partial charge < -0.3 is 21.7 Å². The van der Waals surface area contributed by atoms with Crippen molar-refractivity contribution in [2.24, 2.45) is 27.0 Å². The Balaban J connectivity index is 1.80. The first-order chi connectivity index (χ1) is 19.6. The van der Waals surface area contributed by atoms with Gasteiger partial charge in [0.1, 0.15) is 0 Å². The maximum Gasteiger partial charge on any atom is 0.0953 e. The highest BCUT2D eigenvalue weighted by Gasteiger charge is 2.27. The predicted octanol–water partition coefficient (Wildman–Crippen LogP) is 6.31. The molecule has 0 bridgehead atoms. The van der Waals surface area contributed by atoms with Crippen molar-refractivity contribution in [3.63, 3.8) is 0 Å². The summed E-state index contributed by atoms with van der Waals surface area (Å²) >= 11 is 0. The van der Waals surface area contributed by atoms with Gasteiger partial charge >= 0.3 is 0 Å². The molecule has 3 aromatic rings. The predicted molar refractivity (Wildman–Crippen MR) is 156 cm³/mol. The van der Waals surface area contributed by atoms with E-state index < -0.39 is 12.0 Å². The zero-order valence-corrected chi connectivity index (χ0v) is 22.3. The summed E-state index contributed by atoms with van der Waals surface area (Å²) in [6.45, 7) is 1.64. The van der Waals surface area contributed by atoms with Gasteiger partial charge in [-0.15, -0.1) is 0 Å². The SMILES string of the molecule is N=N/C(=C\NCc1ccccc1)CC(/C(=C/NCc1ccccc1)N=N)C(N)/C(=C/NCc1ccccc1)N=N. The average Bonchev–Trinajstić information content (AvgIpc) is 3.01. The van der Waals surface area contributed by atoms with Crippen molar-refractivity contribution in [2.45, 2.75) is 32.1 Å². The molecule has 0 amide bonds. The summed E-state index contributed by atoms with van der Waals surface area (Å²) < 4.78 is 0. The molecule has 3 aromatic carbocycles. The smallest absolute Gasteiger partial charge is 0.0953 e. The molecule has 8 N–H and O–H groups in total. The lowest BCUT2D eigenvalue weighted by molar-refractivity contribution is 0.491. The molecule has 0 heterocycles. The molecule has 0 aliphatic heterocycles. The molecule has 0 fully saturated rings. The Kier molecular flexibility index (Phi) is 12.4. The van der Waals surface area contributed by atoms with Crippen molar-refractivity contribution >= 4 is 0 Å². The molecule has 0 aliphatic rings. The van der Waals surface area contributed by atoms with Crippen LogP contribution in [0.5, 0.6) is 0 Å². The fraction of sp³-hybridized carbons (Fsp3) is 0.200. The van der Waals surface area contributed by atoms with Crippen LogP contribution in [0.3, 0.4) is 0 Å². The van der Waals surface area contributed by atoms with E-state index in [9.17, 15) is 0 Å². The highest BCUT2D eigenvalue weighted by atomic mass is 15.0. The molecular weight excluding hydrogens is 500 g/mol. The largest absolute Gasteiger partial charge is 0.385 e. The number of nitrogens with zero attached hydrogens (tertiary/aromatic N) is 3. The van der Waals surface area contributed by atoms with Crippen LogP contribution in [0.15, 0.2) is 142 Å². The molecule has 10 heteroatoms. The second-order valence-corrected chi connectivity index (χ2v) is 9.05. The summed E-state index contributed by atoms with van der Waals surface area (Å²) in [7, 11) is 0. The van der Waals surface area contributed by atoms with Gasteiger partial charge in [0.25, 0.3) is 0 Å². The minimum atomic E-state index is -0.793. The van der Waals surface area contributed by atoms with E-state index >= 15 is 0 Å². The van der Waals surface area contributed by atoms with Crippen molar-refractivity contribution < 1.29 is 0 Å². The Hall–Kier alpha value is -4.96. The van der Waals surface area contributed by atoms with Crippen LogP contribution in [0.1, 0.15) is 23.1 Å². The summed E-state index contributed by atoms with van der Waals surface area (Å²) in [4.78, 5) is 0. The third-order valence-electron chi connectivity index (χ3n) is 6.20. The quantitative estimate of drug-likeness (QED) is 0.100. The zero-order valence-electron chi connectivity index (χ0n) is 22.3. The van der Waals surface area contributed by atoms with E-state index in [0.29, 0.717) is 36.7 Å². The number of benzene rings is 3. The molecule has 2 unspecified atom stereocenters. The molecule has 0 saturated carbocycles. The van der Waals surface area contributed by atoms with Crippen LogP contribution in [0.2, 0.25) is 0 Å². The van der Waals surface area contributed by atoms with Crippen LogP contribution in [0, 0.1) is 22.5 Å². The minimum Gasteiger partial charge on any atom is -0.385 e. The Labute approximate surface area is 235 Å². The van der Waals surface area contributed by atoms with Crippen LogP contribution in [0.4, 0.5) is 0 Å². The molecular formula is C30H36N10. The number of nitrogens with one attached hydrogen (secondary N) is 6. The summed E-state index contributed by atoms with van der Waals surface area (Å²) in [5.74, 6) is -0.585. The Morgan fingerprint density at radius 2 is 1.00 bits per heavy atom. The molecule has 40 heavy (non-hydrogen) atoms. The third-order valence-corrected chi connectivity index (χ3v) is 6.20. The molecule has 2 atom stereocenters. The van der Waals surface area contributed by atoms with Crippen molar-refractivity contribution in [1.29, 1.82) is 16.6 Å². The van der Waals surface area contributed by atoms with Crippen LogP contribution in [-0.4, -0.2) is 6.04 Å². The standard InChI is InChI=1S/C30H36N10/c31-30(29(40-34)22-37-19-25-14-8-3-9-15-25)27(28(39-33)21-36-18-24-12-6-2-7-13-24)16-26(38-32)20-35-17-23-10-4-1-5-11-23/h1-15,20-22,27,30,32-37H,16-19,31H2/b26-20-,28-21-,29-22-,38-32?,39-33?,40-34?. The first-order valence-corrected chi connectivity index (χ1v) is 12.9. The lowest BCUT2D eigenvalue weighted by Crippen LogP contribution is -2.34. The number of hydrogen-bond donors (Lipinski definition) is 7. The van der Waals surface area contributed by atoms with Gasteiger partial charge in [-0.1, -0.05) is 91.0 Å². The maximum atomic E-state index is 7.90. The normalized spacial score (nSPS) is 13.6. The maximum absolute atomic E-state index is 7.90. The van der Waals surface area contributed by atoms with Crippen LogP contribution in [-0.2, 0) is 19.6 Å². The summed E-state index contributed by atoms with van der Waals surface area (Å²) in [6.07, 6.45) is 5.15. The Morgan fingerprint density at radius 1 is 0.600 bits per heavy atom. The summed E-state index contributed by atoms with van der Waals surface area (Å²) in [5, 5.41) is 20.7. The van der Waals surface area contributed by atoms with E-state index in [1.54, 1.807) is 18.6 Å². The molecule has 0 spiro atoms. The van der Waals surface area contributed by atoms with Crippen LogP contribution < -0.4 is 21.7 Å². The average molecular weight is 537 g/mol. The van der Waals surface area contributed by atoms with E-state index in [1.807, 2.05) is 91.0 Å². The van der Waals surface area contributed by atoms with Gasteiger partial charge in [0, 0.05) is 50.6 Å². The van der Waals surface area contributed by atoms with E-state index in [2.05, 4.69) is 31.3 Å².